The third-order valence-electron chi connectivity index (χ3n) is 4.65. The molecule has 0 bridgehead atoms. The van der Waals surface area contributed by atoms with Crippen molar-refractivity contribution in [1.29, 1.82) is 0 Å². The Bertz CT molecular complexity index is 1070. The highest BCUT2D eigenvalue weighted by atomic mass is 19.1. The van der Waals surface area contributed by atoms with Crippen molar-refractivity contribution < 1.29 is 23.8 Å². The molecule has 3 aromatic rings. The second-order valence-electron chi connectivity index (χ2n) is 6.79. The molecule has 0 radical (unpaired) electrons. The first kappa shape index (κ1) is 20.3. The van der Waals surface area contributed by atoms with E-state index in [9.17, 15) is 14.0 Å². The van der Waals surface area contributed by atoms with Crippen molar-refractivity contribution in [3.05, 3.63) is 64.4 Å². The van der Waals surface area contributed by atoms with E-state index in [0.717, 1.165) is 16.8 Å². The minimum atomic E-state index is -1.13. The number of halogens is 1. The molecular formula is C21H22FN3O4. The minimum Gasteiger partial charge on any atom is -0.479 e. The maximum absolute atomic E-state index is 13.3. The molecule has 0 unspecified atom stereocenters. The zero-order valence-electron chi connectivity index (χ0n) is 16.2. The average molecular weight is 399 g/mol. The summed E-state index contributed by atoms with van der Waals surface area (Å²) in [6.45, 7) is 3.18. The topological polar surface area (TPSA) is 107 Å². The number of carbonyl (C=O) groups excluding carboxylic acids is 1. The lowest BCUT2D eigenvalue weighted by Crippen LogP contribution is -2.15. The summed E-state index contributed by atoms with van der Waals surface area (Å²) in [4.78, 5) is 27.1. The third-order valence-corrected chi connectivity index (χ3v) is 4.65. The number of hydrogen-bond acceptors (Lipinski definition) is 4. The third kappa shape index (κ3) is 4.37. The lowest BCUT2D eigenvalue weighted by atomic mass is 10.00. The van der Waals surface area contributed by atoms with E-state index in [1.54, 1.807) is 19.1 Å². The number of fused-ring (bicyclic) bond motifs is 1. The Labute approximate surface area is 166 Å². The molecule has 1 amide bonds. The maximum atomic E-state index is 13.3. The molecule has 0 atom stereocenters. The van der Waals surface area contributed by atoms with Gasteiger partial charge in [0.2, 0.25) is 11.8 Å². The molecule has 2 aromatic heterocycles. The van der Waals surface area contributed by atoms with E-state index in [1.807, 2.05) is 17.5 Å². The van der Waals surface area contributed by atoms with Crippen LogP contribution in [0.4, 0.5) is 4.39 Å². The molecule has 29 heavy (non-hydrogen) atoms. The number of carbonyl (C=O) groups is 2. The molecule has 0 aliphatic heterocycles. The summed E-state index contributed by atoms with van der Waals surface area (Å²) in [5.74, 6) is -1.81. The summed E-state index contributed by atoms with van der Waals surface area (Å²) in [7, 11) is 0. The molecule has 0 spiro atoms. The number of nitrogens with zero attached hydrogens (tertiary/aromatic N) is 2. The van der Waals surface area contributed by atoms with E-state index in [4.69, 9.17) is 15.6 Å². The highest BCUT2D eigenvalue weighted by Crippen LogP contribution is 2.32. The van der Waals surface area contributed by atoms with E-state index in [-0.39, 0.29) is 18.1 Å². The molecular weight excluding hydrogens is 377 g/mol. The number of aryl methyl sites for hydroxylation is 1. The van der Waals surface area contributed by atoms with Gasteiger partial charge in [-0.1, -0.05) is 19.1 Å². The van der Waals surface area contributed by atoms with E-state index < -0.39 is 18.5 Å². The fraction of sp³-hybridized carbons (Fsp3) is 0.286. The molecule has 2 heterocycles. The van der Waals surface area contributed by atoms with Gasteiger partial charge in [0.05, 0.1) is 12.1 Å². The number of nitrogens with two attached hydrogens (primary N) is 1. The Morgan fingerprint density at radius 3 is 2.52 bits per heavy atom. The van der Waals surface area contributed by atoms with Crippen LogP contribution in [0.25, 0.3) is 5.52 Å². The van der Waals surface area contributed by atoms with Crippen LogP contribution in [0.5, 0.6) is 5.88 Å². The molecule has 8 heteroatoms. The van der Waals surface area contributed by atoms with Gasteiger partial charge < -0.3 is 20.0 Å². The van der Waals surface area contributed by atoms with Crippen LogP contribution in [-0.4, -0.2) is 33.0 Å². The number of carboxylic acid groups (broad SMARTS) is 1. The van der Waals surface area contributed by atoms with Gasteiger partial charge in [0.15, 0.2) is 6.61 Å². The SMILES string of the molecule is CCc1c(CC(N)=O)c2c(OCC(=O)O)nc(C)cn2c1Cc1ccc(F)cc1. The number of carboxylic acids is 1. The first-order valence-corrected chi connectivity index (χ1v) is 9.19. The molecule has 1 aromatic carbocycles. The van der Waals surface area contributed by atoms with Crippen molar-refractivity contribution in [3.63, 3.8) is 0 Å². The molecule has 3 rings (SSSR count). The normalized spacial score (nSPS) is 11.0. The lowest BCUT2D eigenvalue weighted by Gasteiger charge is -2.10. The van der Waals surface area contributed by atoms with Gasteiger partial charge in [0.25, 0.3) is 0 Å². The van der Waals surface area contributed by atoms with Crippen LogP contribution in [-0.2, 0) is 28.9 Å². The Morgan fingerprint density at radius 1 is 1.24 bits per heavy atom. The molecule has 0 fully saturated rings. The Hall–Kier alpha value is -3.42. The second-order valence-corrected chi connectivity index (χ2v) is 6.79. The van der Waals surface area contributed by atoms with Crippen LogP contribution in [0.2, 0.25) is 0 Å². The summed E-state index contributed by atoms with van der Waals surface area (Å²) in [5.41, 5.74) is 10.0. The van der Waals surface area contributed by atoms with Gasteiger partial charge in [-0.3, -0.25) is 4.79 Å². The first-order valence-electron chi connectivity index (χ1n) is 9.19. The summed E-state index contributed by atoms with van der Waals surface area (Å²) >= 11 is 0. The van der Waals surface area contributed by atoms with Gasteiger partial charge in [0.1, 0.15) is 11.3 Å². The van der Waals surface area contributed by atoms with Crippen LogP contribution in [0.1, 0.15) is 35.0 Å². The summed E-state index contributed by atoms with van der Waals surface area (Å²) in [5, 5.41) is 8.99. The summed E-state index contributed by atoms with van der Waals surface area (Å²) < 4.78 is 20.6. The van der Waals surface area contributed by atoms with Gasteiger partial charge >= 0.3 is 5.97 Å². The Balaban J connectivity index is 2.24. The highest BCUT2D eigenvalue weighted by molar-refractivity contribution is 5.83. The van der Waals surface area contributed by atoms with Crippen molar-refractivity contribution in [3.8, 4) is 5.88 Å². The van der Waals surface area contributed by atoms with E-state index >= 15 is 0 Å². The van der Waals surface area contributed by atoms with E-state index in [1.165, 1.54) is 12.1 Å². The zero-order chi connectivity index (χ0) is 21.1. The number of primary amides is 1. The molecule has 0 aliphatic carbocycles. The van der Waals surface area contributed by atoms with Gasteiger partial charge in [-0.2, -0.15) is 0 Å². The monoisotopic (exact) mass is 399 g/mol. The minimum absolute atomic E-state index is 0.0235. The highest BCUT2D eigenvalue weighted by Gasteiger charge is 2.23. The van der Waals surface area contributed by atoms with Gasteiger partial charge in [-0.15, -0.1) is 0 Å². The molecule has 152 valence electrons. The van der Waals surface area contributed by atoms with Crippen molar-refractivity contribution in [1.82, 2.24) is 9.38 Å². The van der Waals surface area contributed by atoms with Crippen LogP contribution in [0, 0.1) is 12.7 Å². The quantitative estimate of drug-likeness (QED) is 0.605. The van der Waals surface area contributed by atoms with Gasteiger partial charge in [-0.05, 0) is 42.2 Å². The fourth-order valence-electron chi connectivity index (χ4n) is 3.55. The van der Waals surface area contributed by atoms with E-state index in [0.29, 0.717) is 29.6 Å². The molecule has 3 N–H and O–H groups in total. The molecule has 0 saturated carbocycles. The Morgan fingerprint density at radius 2 is 1.93 bits per heavy atom. The number of amides is 1. The lowest BCUT2D eigenvalue weighted by molar-refractivity contribution is -0.139. The average Bonchev–Trinajstić information content (AvgIpc) is 2.93. The number of aromatic nitrogens is 2. The van der Waals surface area contributed by atoms with Crippen LogP contribution < -0.4 is 10.5 Å². The number of rotatable bonds is 8. The predicted molar refractivity (Wildman–Crippen MR) is 105 cm³/mol. The van der Waals surface area contributed by atoms with Crippen molar-refractivity contribution in [2.75, 3.05) is 6.61 Å². The number of hydrogen-bond donors (Lipinski definition) is 2. The van der Waals surface area contributed by atoms with Crippen LogP contribution >= 0.6 is 0 Å². The molecule has 0 aliphatic rings. The van der Waals surface area contributed by atoms with Crippen molar-refractivity contribution in [2.24, 2.45) is 5.73 Å². The molecule has 7 nitrogen and oxygen atoms in total. The standard InChI is InChI=1S/C21H22FN3O4/c1-3-15-16(9-18(23)26)20-21(29-11-19(27)28)24-12(2)10-25(20)17(15)8-13-4-6-14(22)7-5-13/h4-7,10H,3,8-9,11H2,1-2H3,(H2,23,26)(H,27,28). The first-order chi connectivity index (χ1) is 13.8. The largest absolute Gasteiger partial charge is 0.479 e. The number of ether oxygens (including phenoxy) is 1. The zero-order valence-corrected chi connectivity index (χ0v) is 16.2. The second kappa shape index (κ2) is 8.30. The summed E-state index contributed by atoms with van der Waals surface area (Å²) in [6, 6.07) is 6.21. The van der Waals surface area contributed by atoms with Crippen LogP contribution in [0.15, 0.2) is 30.5 Å². The molecule has 0 saturated heterocycles. The van der Waals surface area contributed by atoms with Gasteiger partial charge in [0, 0.05) is 18.3 Å². The van der Waals surface area contributed by atoms with Gasteiger partial charge in [-0.25, -0.2) is 14.2 Å². The number of aliphatic carboxylic acids is 1. The fourth-order valence-corrected chi connectivity index (χ4v) is 3.55. The smallest absolute Gasteiger partial charge is 0.341 e. The van der Waals surface area contributed by atoms with Crippen molar-refractivity contribution in [2.45, 2.75) is 33.1 Å². The Kier molecular flexibility index (Phi) is 5.81. The van der Waals surface area contributed by atoms with Crippen molar-refractivity contribution >= 4 is 17.4 Å². The maximum Gasteiger partial charge on any atom is 0.341 e. The summed E-state index contributed by atoms with van der Waals surface area (Å²) in [6.07, 6.45) is 2.90. The number of benzene rings is 1. The predicted octanol–water partition coefficient (Wildman–Crippen LogP) is 2.43. The van der Waals surface area contributed by atoms with Crippen LogP contribution in [0.3, 0.4) is 0 Å². The van der Waals surface area contributed by atoms with E-state index in [2.05, 4.69) is 4.98 Å².